The van der Waals surface area contributed by atoms with E-state index in [1.807, 2.05) is 0 Å². The number of aromatic nitrogens is 1. The minimum atomic E-state index is -0.596. The number of rotatable bonds is 1. The number of nitrogens with zero attached hydrogens (tertiary/aromatic N) is 2. The molecule has 0 bridgehead atoms. The zero-order valence-corrected chi connectivity index (χ0v) is 5.85. The first-order valence-corrected chi connectivity index (χ1v) is 2.92. The molecule has 0 saturated carbocycles. The predicted molar refractivity (Wildman–Crippen MR) is 38.3 cm³/mol. The minimum absolute atomic E-state index is 0.173. The van der Waals surface area contributed by atoms with E-state index in [1.165, 1.54) is 23.9 Å². The fourth-order valence-corrected chi connectivity index (χ4v) is 0.652. The summed E-state index contributed by atoms with van der Waals surface area (Å²) in [7, 11) is 1.53. The summed E-state index contributed by atoms with van der Waals surface area (Å²) in [6.45, 7) is 0. The van der Waals surface area contributed by atoms with Crippen molar-refractivity contribution in [2.45, 2.75) is 0 Å². The SMILES string of the molecule is Cn1ccc([N+](=O)[O-])cc1=O. The van der Waals surface area contributed by atoms with Crippen molar-refractivity contribution in [2.24, 2.45) is 7.05 Å². The van der Waals surface area contributed by atoms with Crippen LogP contribution in [0.15, 0.2) is 23.1 Å². The average molecular weight is 154 g/mol. The number of pyridine rings is 1. The van der Waals surface area contributed by atoms with Gasteiger partial charge in [-0.15, -0.1) is 0 Å². The Morgan fingerprint density at radius 3 is 2.73 bits per heavy atom. The lowest BCUT2D eigenvalue weighted by atomic mass is 10.4. The summed E-state index contributed by atoms with van der Waals surface area (Å²) < 4.78 is 1.27. The van der Waals surface area contributed by atoms with Gasteiger partial charge >= 0.3 is 0 Å². The summed E-state index contributed by atoms with van der Waals surface area (Å²) >= 11 is 0. The molecule has 0 radical (unpaired) electrons. The smallest absolute Gasteiger partial charge is 0.276 e. The summed E-state index contributed by atoms with van der Waals surface area (Å²) in [5.74, 6) is 0. The molecule has 0 N–H and O–H groups in total. The topological polar surface area (TPSA) is 65.1 Å². The van der Waals surface area contributed by atoms with Gasteiger partial charge in [-0.2, -0.15) is 0 Å². The van der Waals surface area contributed by atoms with E-state index in [9.17, 15) is 14.9 Å². The Labute approximate surface area is 62.0 Å². The fraction of sp³-hybridized carbons (Fsp3) is 0.167. The Morgan fingerprint density at radius 2 is 2.27 bits per heavy atom. The van der Waals surface area contributed by atoms with Gasteiger partial charge in [-0.25, -0.2) is 0 Å². The van der Waals surface area contributed by atoms with Crippen molar-refractivity contribution in [1.82, 2.24) is 4.57 Å². The molecule has 0 fully saturated rings. The molecule has 0 aliphatic heterocycles. The van der Waals surface area contributed by atoms with Crippen LogP contribution in [0.4, 0.5) is 5.69 Å². The molecule has 0 amide bonds. The molecule has 1 rings (SSSR count). The van der Waals surface area contributed by atoms with Gasteiger partial charge in [0, 0.05) is 19.3 Å². The third kappa shape index (κ3) is 1.43. The van der Waals surface area contributed by atoms with Gasteiger partial charge in [0.15, 0.2) is 0 Å². The molecule has 0 atom stereocenters. The number of nitro groups is 1. The van der Waals surface area contributed by atoms with Crippen molar-refractivity contribution in [1.29, 1.82) is 0 Å². The highest BCUT2D eigenvalue weighted by Crippen LogP contribution is 2.03. The fourth-order valence-electron chi connectivity index (χ4n) is 0.652. The van der Waals surface area contributed by atoms with E-state index in [1.54, 1.807) is 0 Å². The van der Waals surface area contributed by atoms with E-state index in [0.29, 0.717) is 0 Å². The maximum Gasteiger partial charge on any atom is 0.276 e. The Balaban J connectivity index is 3.26. The van der Waals surface area contributed by atoms with E-state index in [2.05, 4.69) is 0 Å². The zero-order chi connectivity index (χ0) is 8.43. The van der Waals surface area contributed by atoms with Gasteiger partial charge in [-0.05, 0) is 0 Å². The third-order valence-electron chi connectivity index (χ3n) is 1.30. The standard InChI is InChI=1S/C6H6N2O3/c1-7-3-2-5(8(10)11)4-6(7)9/h2-4H,1H3. The zero-order valence-electron chi connectivity index (χ0n) is 5.85. The van der Waals surface area contributed by atoms with Gasteiger partial charge in [-0.3, -0.25) is 14.9 Å². The highest BCUT2D eigenvalue weighted by molar-refractivity contribution is 5.25. The molecule has 0 aliphatic rings. The van der Waals surface area contributed by atoms with Crippen LogP contribution in [0, 0.1) is 10.1 Å². The van der Waals surface area contributed by atoms with Crippen LogP contribution in [0.1, 0.15) is 0 Å². The first-order valence-electron chi connectivity index (χ1n) is 2.92. The molecule has 58 valence electrons. The van der Waals surface area contributed by atoms with E-state index in [-0.39, 0.29) is 11.2 Å². The molecule has 5 heteroatoms. The van der Waals surface area contributed by atoms with Gasteiger partial charge < -0.3 is 4.57 Å². The normalized spacial score (nSPS) is 9.55. The monoisotopic (exact) mass is 154 g/mol. The third-order valence-corrected chi connectivity index (χ3v) is 1.30. The van der Waals surface area contributed by atoms with Crippen molar-refractivity contribution in [3.8, 4) is 0 Å². The van der Waals surface area contributed by atoms with E-state index >= 15 is 0 Å². The summed E-state index contributed by atoms with van der Waals surface area (Å²) in [5.41, 5.74) is -0.549. The second kappa shape index (κ2) is 2.53. The molecule has 0 spiro atoms. The summed E-state index contributed by atoms with van der Waals surface area (Å²) in [5, 5.41) is 10.1. The van der Waals surface area contributed by atoms with Crippen LogP contribution in [0.25, 0.3) is 0 Å². The predicted octanol–water partition coefficient (Wildman–Crippen LogP) is 0.293. The van der Waals surface area contributed by atoms with Crippen LogP contribution in [-0.2, 0) is 7.05 Å². The van der Waals surface area contributed by atoms with Crippen molar-refractivity contribution >= 4 is 5.69 Å². The Kier molecular flexibility index (Phi) is 1.72. The first kappa shape index (κ1) is 7.46. The van der Waals surface area contributed by atoms with Crippen LogP contribution in [0.3, 0.4) is 0 Å². The molecule has 1 aromatic heterocycles. The van der Waals surface area contributed by atoms with Crippen LogP contribution in [0.5, 0.6) is 0 Å². The van der Waals surface area contributed by atoms with Crippen molar-refractivity contribution in [3.63, 3.8) is 0 Å². The van der Waals surface area contributed by atoms with Crippen molar-refractivity contribution in [2.75, 3.05) is 0 Å². The van der Waals surface area contributed by atoms with E-state index in [4.69, 9.17) is 0 Å². The van der Waals surface area contributed by atoms with Crippen LogP contribution in [0.2, 0.25) is 0 Å². The van der Waals surface area contributed by atoms with Gasteiger partial charge in [0.2, 0.25) is 0 Å². The lowest BCUT2D eigenvalue weighted by Crippen LogP contribution is -2.14. The largest absolute Gasteiger partial charge is 0.318 e. The van der Waals surface area contributed by atoms with Gasteiger partial charge in [0.25, 0.3) is 11.2 Å². The molecular formula is C6H6N2O3. The molecule has 11 heavy (non-hydrogen) atoms. The van der Waals surface area contributed by atoms with Crippen LogP contribution >= 0.6 is 0 Å². The summed E-state index contributed by atoms with van der Waals surface area (Å²) in [6, 6.07) is 2.27. The average Bonchev–Trinajstić information content (AvgIpc) is 1.94. The highest BCUT2D eigenvalue weighted by atomic mass is 16.6. The van der Waals surface area contributed by atoms with Crippen LogP contribution in [-0.4, -0.2) is 9.49 Å². The summed E-state index contributed by atoms with van der Waals surface area (Å²) in [4.78, 5) is 20.3. The van der Waals surface area contributed by atoms with Crippen molar-refractivity contribution < 1.29 is 4.92 Å². The lowest BCUT2D eigenvalue weighted by molar-refractivity contribution is -0.385. The Bertz CT molecular complexity index is 342. The summed E-state index contributed by atoms with van der Waals surface area (Å²) in [6.07, 6.45) is 1.36. The van der Waals surface area contributed by atoms with Crippen LogP contribution < -0.4 is 5.56 Å². The molecule has 1 heterocycles. The second-order valence-electron chi connectivity index (χ2n) is 2.09. The number of hydrogen-bond donors (Lipinski definition) is 0. The quantitative estimate of drug-likeness (QED) is 0.431. The second-order valence-corrected chi connectivity index (χ2v) is 2.09. The molecule has 5 nitrogen and oxygen atoms in total. The maximum atomic E-state index is 10.8. The minimum Gasteiger partial charge on any atom is -0.318 e. The van der Waals surface area contributed by atoms with Gasteiger partial charge in [0.1, 0.15) is 0 Å². The van der Waals surface area contributed by atoms with E-state index in [0.717, 1.165) is 6.07 Å². The maximum absolute atomic E-state index is 10.8. The number of hydrogen-bond acceptors (Lipinski definition) is 3. The molecule has 0 saturated heterocycles. The van der Waals surface area contributed by atoms with Crippen molar-refractivity contribution in [3.05, 3.63) is 38.8 Å². The first-order chi connectivity index (χ1) is 5.11. The molecular weight excluding hydrogens is 148 g/mol. The molecule has 1 aromatic rings. The molecule has 0 aliphatic carbocycles. The molecule has 0 aromatic carbocycles. The molecule has 0 unspecified atom stereocenters. The lowest BCUT2D eigenvalue weighted by Gasteiger charge is -1.93. The highest BCUT2D eigenvalue weighted by Gasteiger charge is 2.04. The van der Waals surface area contributed by atoms with E-state index < -0.39 is 4.92 Å². The Hall–Kier alpha value is -1.65. The van der Waals surface area contributed by atoms with Gasteiger partial charge in [-0.1, -0.05) is 0 Å². The Morgan fingerprint density at radius 1 is 1.64 bits per heavy atom. The number of aryl methyl sites for hydroxylation is 1. The van der Waals surface area contributed by atoms with Gasteiger partial charge in [0.05, 0.1) is 11.0 Å².